The van der Waals surface area contributed by atoms with Crippen LogP contribution in [-0.2, 0) is 6.42 Å². The monoisotopic (exact) mass is 325 g/mol. The van der Waals surface area contributed by atoms with E-state index in [1.807, 2.05) is 54.2 Å². The lowest BCUT2D eigenvalue weighted by Crippen LogP contribution is -2.27. The Balaban J connectivity index is 1.75. The van der Waals surface area contributed by atoms with E-state index < -0.39 is 0 Å². The zero-order valence-electron chi connectivity index (χ0n) is 13.2. The Labute approximate surface area is 139 Å². The second-order valence-corrected chi connectivity index (χ2v) is 6.58. The molecule has 0 saturated carbocycles. The Morgan fingerprint density at radius 1 is 1.22 bits per heavy atom. The Kier molecular flexibility index (Phi) is 4.57. The molecule has 3 aromatic heterocycles. The van der Waals surface area contributed by atoms with E-state index in [4.69, 9.17) is 0 Å². The molecular weight excluding hydrogens is 306 g/mol. The summed E-state index contributed by atoms with van der Waals surface area (Å²) in [5.41, 5.74) is 2.80. The number of amides is 1. The molecule has 0 radical (unpaired) electrons. The van der Waals surface area contributed by atoms with Gasteiger partial charge in [-0.3, -0.25) is 9.78 Å². The number of nitrogens with zero attached hydrogens (tertiary/aromatic N) is 2. The zero-order chi connectivity index (χ0) is 16.2. The van der Waals surface area contributed by atoms with Crippen molar-refractivity contribution in [2.24, 2.45) is 0 Å². The van der Waals surface area contributed by atoms with Crippen LogP contribution in [0.5, 0.6) is 0 Å². The number of pyridine rings is 1. The lowest BCUT2D eigenvalue weighted by molar-refractivity contribution is 0.0954. The Bertz CT molecular complexity index is 791. The molecule has 23 heavy (non-hydrogen) atoms. The van der Waals surface area contributed by atoms with E-state index in [0.29, 0.717) is 6.54 Å². The first kappa shape index (κ1) is 15.5. The predicted molar refractivity (Wildman–Crippen MR) is 93.4 cm³/mol. The van der Waals surface area contributed by atoms with Crippen molar-refractivity contribution in [3.63, 3.8) is 0 Å². The van der Waals surface area contributed by atoms with Crippen LogP contribution in [0.15, 0.2) is 48.9 Å². The van der Waals surface area contributed by atoms with Crippen molar-refractivity contribution in [2.45, 2.75) is 20.3 Å². The molecule has 1 amide bonds. The first-order valence-corrected chi connectivity index (χ1v) is 8.40. The first-order chi connectivity index (χ1) is 11.2. The van der Waals surface area contributed by atoms with Gasteiger partial charge in [0.05, 0.1) is 5.56 Å². The molecule has 0 unspecified atom stereocenters. The summed E-state index contributed by atoms with van der Waals surface area (Å²) in [5.74, 6) is -0.0218. The number of rotatable bonds is 5. The Morgan fingerprint density at radius 3 is 2.70 bits per heavy atom. The summed E-state index contributed by atoms with van der Waals surface area (Å²) in [6.45, 7) is 4.64. The summed E-state index contributed by atoms with van der Waals surface area (Å²) < 4.78 is 2.00. The molecule has 0 spiro atoms. The van der Waals surface area contributed by atoms with Gasteiger partial charge in [0.15, 0.2) is 0 Å². The maximum Gasteiger partial charge on any atom is 0.254 e. The van der Waals surface area contributed by atoms with E-state index in [-0.39, 0.29) is 5.91 Å². The van der Waals surface area contributed by atoms with Gasteiger partial charge in [0.25, 0.3) is 5.91 Å². The number of hydrogen-bond donors (Lipinski definition) is 1. The first-order valence-electron chi connectivity index (χ1n) is 7.58. The fraction of sp³-hybridized carbons (Fsp3) is 0.222. The van der Waals surface area contributed by atoms with Gasteiger partial charge >= 0.3 is 0 Å². The number of aromatic nitrogens is 2. The molecule has 0 aromatic carbocycles. The summed E-state index contributed by atoms with van der Waals surface area (Å²) >= 11 is 1.65. The number of carbonyl (C=O) groups is 1. The predicted octanol–water partition coefficient (Wildman–Crippen LogP) is 3.52. The summed E-state index contributed by atoms with van der Waals surface area (Å²) in [5, 5.41) is 3.99. The van der Waals surface area contributed by atoms with E-state index in [1.54, 1.807) is 17.5 Å². The van der Waals surface area contributed by atoms with Gasteiger partial charge in [0.1, 0.15) is 5.00 Å². The third kappa shape index (κ3) is 3.35. The van der Waals surface area contributed by atoms with E-state index in [1.165, 1.54) is 4.88 Å². The van der Waals surface area contributed by atoms with Crippen LogP contribution in [0.2, 0.25) is 0 Å². The highest BCUT2D eigenvalue weighted by Gasteiger charge is 2.20. The largest absolute Gasteiger partial charge is 0.352 e. The molecule has 0 aliphatic rings. The third-order valence-corrected chi connectivity index (χ3v) is 5.05. The van der Waals surface area contributed by atoms with Gasteiger partial charge in [-0.15, -0.1) is 11.3 Å². The molecular formula is C18H19N3OS. The number of thiophene rings is 1. The van der Waals surface area contributed by atoms with Gasteiger partial charge in [0, 0.05) is 42.1 Å². The van der Waals surface area contributed by atoms with Crippen molar-refractivity contribution in [3.8, 4) is 5.00 Å². The fourth-order valence-corrected chi connectivity index (χ4v) is 3.59. The van der Waals surface area contributed by atoms with E-state index in [0.717, 1.165) is 28.2 Å². The van der Waals surface area contributed by atoms with Crippen LogP contribution < -0.4 is 5.32 Å². The van der Waals surface area contributed by atoms with E-state index >= 15 is 0 Å². The van der Waals surface area contributed by atoms with Gasteiger partial charge < -0.3 is 9.88 Å². The number of nitrogens with one attached hydrogen (secondary N) is 1. The zero-order valence-corrected chi connectivity index (χ0v) is 14.1. The average Bonchev–Trinajstić information content (AvgIpc) is 3.17. The molecule has 0 aliphatic heterocycles. The molecule has 5 heteroatoms. The minimum absolute atomic E-state index is 0.0218. The third-order valence-electron chi connectivity index (χ3n) is 3.83. The van der Waals surface area contributed by atoms with E-state index in [9.17, 15) is 4.79 Å². The minimum atomic E-state index is -0.0218. The molecule has 0 bridgehead atoms. The van der Waals surface area contributed by atoms with Gasteiger partial charge in [-0.1, -0.05) is 6.07 Å². The van der Waals surface area contributed by atoms with Crippen LogP contribution in [0, 0.1) is 13.8 Å². The molecule has 3 heterocycles. The summed E-state index contributed by atoms with van der Waals surface area (Å²) in [6, 6.07) is 9.75. The lowest BCUT2D eigenvalue weighted by Gasteiger charge is -2.08. The molecule has 3 rings (SSSR count). The van der Waals surface area contributed by atoms with Crippen molar-refractivity contribution in [1.29, 1.82) is 0 Å². The Morgan fingerprint density at radius 2 is 2.00 bits per heavy atom. The minimum Gasteiger partial charge on any atom is -0.352 e. The second kappa shape index (κ2) is 6.79. The van der Waals surface area contributed by atoms with E-state index in [2.05, 4.69) is 17.2 Å². The molecule has 118 valence electrons. The van der Waals surface area contributed by atoms with Crippen molar-refractivity contribution in [2.75, 3.05) is 6.54 Å². The highest BCUT2D eigenvalue weighted by Crippen LogP contribution is 2.30. The number of hydrogen-bond acceptors (Lipinski definition) is 3. The molecule has 4 nitrogen and oxygen atoms in total. The lowest BCUT2D eigenvalue weighted by atomic mass is 10.1. The molecule has 3 aromatic rings. The van der Waals surface area contributed by atoms with Crippen molar-refractivity contribution in [3.05, 3.63) is 70.6 Å². The number of aryl methyl sites for hydroxylation is 1. The molecule has 0 aliphatic carbocycles. The van der Waals surface area contributed by atoms with Gasteiger partial charge in [0.2, 0.25) is 0 Å². The topological polar surface area (TPSA) is 46.9 Å². The summed E-state index contributed by atoms with van der Waals surface area (Å²) in [6.07, 6.45) is 6.44. The molecule has 0 fully saturated rings. The van der Waals surface area contributed by atoms with Crippen LogP contribution in [0.4, 0.5) is 0 Å². The smallest absolute Gasteiger partial charge is 0.254 e. The van der Waals surface area contributed by atoms with Gasteiger partial charge in [-0.25, -0.2) is 0 Å². The summed E-state index contributed by atoms with van der Waals surface area (Å²) in [7, 11) is 0. The van der Waals surface area contributed by atoms with Crippen LogP contribution in [0.3, 0.4) is 0 Å². The van der Waals surface area contributed by atoms with Crippen LogP contribution in [-0.4, -0.2) is 22.0 Å². The SMILES string of the molecule is Cc1sc(-n2cccc2)c(C(=O)NCCc2ccccn2)c1C. The fourth-order valence-electron chi connectivity index (χ4n) is 2.47. The van der Waals surface area contributed by atoms with Crippen molar-refractivity contribution < 1.29 is 4.79 Å². The van der Waals surface area contributed by atoms with Crippen molar-refractivity contribution in [1.82, 2.24) is 14.9 Å². The molecule has 0 atom stereocenters. The molecule has 1 N–H and O–H groups in total. The van der Waals surface area contributed by atoms with Crippen LogP contribution in [0.1, 0.15) is 26.5 Å². The highest BCUT2D eigenvalue weighted by molar-refractivity contribution is 7.15. The maximum atomic E-state index is 12.6. The van der Waals surface area contributed by atoms with Gasteiger partial charge in [-0.05, 0) is 43.7 Å². The number of carbonyl (C=O) groups excluding carboxylic acids is 1. The normalized spacial score (nSPS) is 10.7. The summed E-state index contributed by atoms with van der Waals surface area (Å²) in [4.78, 5) is 18.1. The second-order valence-electron chi connectivity index (χ2n) is 5.38. The van der Waals surface area contributed by atoms with Gasteiger partial charge in [-0.2, -0.15) is 0 Å². The average molecular weight is 325 g/mol. The quantitative estimate of drug-likeness (QED) is 0.780. The van der Waals surface area contributed by atoms with Crippen LogP contribution in [0.25, 0.3) is 5.00 Å². The van der Waals surface area contributed by atoms with Crippen LogP contribution >= 0.6 is 11.3 Å². The molecule has 0 saturated heterocycles. The maximum absolute atomic E-state index is 12.6. The highest BCUT2D eigenvalue weighted by atomic mass is 32.1. The van der Waals surface area contributed by atoms with Crippen molar-refractivity contribution >= 4 is 17.2 Å². The Hall–Kier alpha value is -2.40. The standard InChI is InChI=1S/C18H19N3OS/c1-13-14(2)23-18(21-11-5-6-12-21)16(13)17(22)20-10-8-15-7-3-4-9-19-15/h3-7,9,11-12H,8,10H2,1-2H3,(H,20,22).